The molecule has 222 valence electrons. The van der Waals surface area contributed by atoms with E-state index < -0.39 is 38.6 Å². The van der Waals surface area contributed by atoms with E-state index in [9.17, 15) is 26.8 Å². The molecule has 1 aromatic carbocycles. The Morgan fingerprint density at radius 1 is 1.22 bits per heavy atom. The maximum absolute atomic E-state index is 14.3. The zero-order chi connectivity index (χ0) is 30.1. The lowest BCUT2D eigenvalue weighted by molar-refractivity contribution is 0.0388. The minimum Gasteiger partial charge on any atom is -0.487 e. The second kappa shape index (κ2) is 12.0. The number of ether oxygens (including phenoxy) is 1. The summed E-state index contributed by atoms with van der Waals surface area (Å²) in [6.45, 7) is 7.40. The number of aromatic nitrogens is 2. The van der Waals surface area contributed by atoms with E-state index >= 15 is 0 Å². The Kier molecular flexibility index (Phi) is 9.00. The van der Waals surface area contributed by atoms with Gasteiger partial charge >= 0.3 is 0 Å². The van der Waals surface area contributed by atoms with Crippen LogP contribution in [0.25, 0.3) is 10.6 Å². The van der Waals surface area contributed by atoms with Gasteiger partial charge in [0.15, 0.2) is 11.4 Å². The van der Waals surface area contributed by atoms with E-state index in [4.69, 9.17) is 8.92 Å². The number of pyridine rings is 1. The van der Waals surface area contributed by atoms with Crippen molar-refractivity contribution >= 4 is 27.4 Å². The van der Waals surface area contributed by atoms with Gasteiger partial charge in [-0.1, -0.05) is 19.4 Å². The highest BCUT2D eigenvalue weighted by molar-refractivity contribution is 7.85. The first-order chi connectivity index (χ1) is 19.2. The molecule has 0 fully saturated rings. The zero-order valence-corrected chi connectivity index (χ0v) is 25.2. The normalized spacial score (nSPS) is 17.3. The topological polar surface area (TPSA) is 108 Å². The summed E-state index contributed by atoms with van der Waals surface area (Å²) in [6.07, 6.45) is 5.53. The van der Waals surface area contributed by atoms with Crippen LogP contribution in [0.3, 0.4) is 0 Å². The Morgan fingerprint density at radius 2 is 1.95 bits per heavy atom. The number of carbonyl (C=O) groups is 1. The fourth-order valence-corrected chi connectivity index (χ4v) is 6.02. The number of thiazole rings is 1. The molecule has 1 amide bonds. The molecule has 41 heavy (non-hydrogen) atoms. The molecule has 0 saturated heterocycles. The van der Waals surface area contributed by atoms with Gasteiger partial charge < -0.3 is 14.2 Å². The van der Waals surface area contributed by atoms with Crippen molar-refractivity contribution in [1.29, 1.82) is 0 Å². The molecular formula is C28H33F2N3O6S2. The van der Waals surface area contributed by atoms with Crippen LogP contribution in [-0.2, 0) is 26.3 Å². The van der Waals surface area contributed by atoms with Crippen LogP contribution in [-0.4, -0.2) is 60.8 Å². The third kappa shape index (κ3) is 6.68. The number of unbranched alkanes of at least 4 members (excludes halogenated alkanes) is 1. The fourth-order valence-electron chi connectivity index (χ4n) is 4.61. The molecule has 0 bridgehead atoms. The van der Waals surface area contributed by atoms with Crippen LogP contribution in [0, 0.1) is 11.6 Å². The maximum atomic E-state index is 14.3. The molecule has 0 N–H and O–H groups in total. The third-order valence-corrected chi connectivity index (χ3v) is 8.41. The van der Waals surface area contributed by atoms with Crippen LogP contribution >= 0.6 is 11.3 Å². The van der Waals surface area contributed by atoms with Crippen molar-refractivity contribution in [2.24, 2.45) is 0 Å². The van der Waals surface area contributed by atoms with Crippen LogP contribution < -0.4 is 10.2 Å². The van der Waals surface area contributed by atoms with E-state index in [-0.39, 0.29) is 54.8 Å². The van der Waals surface area contributed by atoms with Gasteiger partial charge in [-0.3, -0.25) is 13.8 Å². The molecule has 0 saturated carbocycles. The highest BCUT2D eigenvalue weighted by Gasteiger charge is 2.44. The summed E-state index contributed by atoms with van der Waals surface area (Å²) < 4.78 is 64.3. The molecule has 4 rings (SSSR count). The van der Waals surface area contributed by atoms with Gasteiger partial charge in [0.1, 0.15) is 16.6 Å². The monoisotopic (exact) mass is 609 g/mol. The Balaban J connectivity index is 1.87. The Bertz CT molecular complexity index is 1620. The Morgan fingerprint density at radius 3 is 2.59 bits per heavy atom. The SMILES string of the molecule is CCCCOc1c2n(cc(-c3ncc(Cc4ccc(F)cc4F)s3)c1=O)C(C)(COS(C)(=O)=O)CN(C(C)C)C2=O. The summed E-state index contributed by atoms with van der Waals surface area (Å²) in [5, 5.41) is 0.313. The molecule has 3 heterocycles. The number of fused-ring (bicyclic) bond motifs is 1. The summed E-state index contributed by atoms with van der Waals surface area (Å²) in [5.74, 6) is -1.92. The largest absolute Gasteiger partial charge is 0.487 e. The number of rotatable bonds is 11. The first-order valence-corrected chi connectivity index (χ1v) is 15.8. The minimum absolute atomic E-state index is 0.0135. The van der Waals surface area contributed by atoms with Gasteiger partial charge in [-0.2, -0.15) is 8.42 Å². The molecular weight excluding hydrogens is 576 g/mol. The summed E-state index contributed by atoms with van der Waals surface area (Å²) in [4.78, 5) is 34.2. The van der Waals surface area contributed by atoms with Crippen LogP contribution in [0.2, 0.25) is 0 Å². The minimum atomic E-state index is -3.82. The quantitative estimate of drug-likeness (QED) is 0.231. The lowest BCUT2D eigenvalue weighted by atomic mass is 9.95. The summed E-state index contributed by atoms with van der Waals surface area (Å²) in [6, 6.07) is 3.09. The second-order valence-electron chi connectivity index (χ2n) is 10.7. The predicted octanol–water partition coefficient (Wildman–Crippen LogP) is 4.58. The molecule has 2 aromatic heterocycles. The second-order valence-corrected chi connectivity index (χ2v) is 13.4. The van der Waals surface area contributed by atoms with E-state index in [1.807, 2.05) is 20.8 Å². The lowest BCUT2D eigenvalue weighted by Gasteiger charge is -2.45. The van der Waals surface area contributed by atoms with Crippen LogP contribution in [0.5, 0.6) is 5.75 Å². The highest BCUT2D eigenvalue weighted by atomic mass is 32.2. The van der Waals surface area contributed by atoms with E-state index in [0.29, 0.717) is 16.3 Å². The predicted molar refractivity (Wildman–Crippen MR) is 152 cm³/mol. The first kappa shape index (κ1) is 30.8. The van der Waals surface area contributed by atoms with E-state index in [2.05, 4.69) is 4.98 Å². The smallest absolute Gasteiger partial charge is 0.274 e. The van der Waals surface area contributed by atoms with Crippen molar-refractivity contribution in [3.63, 3.8) is 0 Å². The van der Waals surface area contributed by atoms with Gasteiger partial charge in [-0.15, -0.1) is 11.3 Å². The van der Waals surface area contributed by atoms with Crippen molar-refractivity contribution in [1.82, 2.24) is 14.5 Å². The van der Waals surface area contributed by atoms with Crippen molar-refractivity contribution in [2.45, 2.75) is 58.5 Å². The lowest BCUT2D eigenvalue weighted by Crippen LogP contribution is -2.57. The zero-order valence-electron chi connectivity index (χ0n) is 23.6. The molecule has 0 spiro atoms. The van der Waals surface area contributed by atoms with Crippen LogP contribution in [0.1, 0.15) is 61.5 Å². The first-order valence-electron chi connectivity index (χ1n) is 13.2. The van der Waals surface area contributed by atoms with Gasteiger partial charge in [0, 0.05) is 42.3 Å². The molecule has 0 radical (unpaired) electrons. The molecule has 1 atom stereocenters. The maximum Gasteiger partial charge on any atom is 0.274 e. The highest BCUT2D eigenvalue weighted by Crippen LogP contribution is 2.36. The average Bonchev–Trinajstić information content (AvgIpc) is 3.35. The van der Waals surface area contributed by atoms with Crippen molar-refractivity contribution < 1.29 is 30.9 Å². The van der Waals surface area contributed by atoms with Gasteiger partial charge in [0.2, 0.25) is 5.43 Å². The van der Waals surface area contributed by atoms with E-state index in [0.717, 1.165) is 30.1 Å². The molecule has 9 nitrogen and oxygen atoms in total. The fraction of sp³-hybridized carbons (Fsp3) is 0.464. The van der Waals surface area contributed by atoms with Gasteiger partial charge in [0.25, 0.3) is 16.0 Å². The average molecular weight is 610 g/mol. The molecule has 3 aromatic rings. The molecule has 1 unspecified atom stereocenters. The van der Waals surface area contributed by atoms with Gasteiger partial charge in [-0.05, 0) is 38.8 Å². The number of nitrogens with zero attached hydrogens (tertiary/aromatic N) is 3. The van der Waals surface area contributed by atoms with Crippen molar-refractivity contribution in [2.75, 3.05) is 26.0 Å². The van der Waals surface area contributed by atoms with E-state index in [1.54, 1.807) is 16.4 Å². The third-order valence-electron chi connectivity index (χ3n) is 6.84. The van der Waals surface area contributed by atoms with Crippen molar-refractivity contribution in [3.05, 3.63) is 68.6 Å². The molecule has 1 aliphatic heterocycles. The number of halogens is 2. The molecule has 13 heteroatoms. The summed E-state index contributed by atoms with van der Waals surface area (Å²) in [5.41, 5.74) is -1.19. The molecule has 0 aliphatic carbocycles. The number of amides is 1. The van der Waals surface area contributed by atoms with Crippen LogP contribution in [0.4, 0.5) is 8.78 Å². The standard InChI is InChI=1S/C28H33F2N3O6S2/c1-6-7-10-38-25-23-27(35)32(17(2)3)15-28(4,16-39-41(5,36)37)33(23)14-21(24(25)34)26-31-13-20(40-26)11-18-8-9-19(29)12-22(18)30/h8-9,12-14,17H,6-7,10-11,15-16H2,1-5H3. The number of benzene rings is 1. The number of hydrogen-bond acceptors (Lipinski definition) is 8. The molecule has 1 aliphatic rings. The Hall–Kier alpha value is -3.16. The number of carbonyl (C=O) groups excluding carboxylic acids is 1. The number of hydrogen-bond donors (Lipinski definition) is 0. The van der Waals surface area contributed by atoms with Gasteiger partial charge in [-0.25, -0.2) is 13.8 Å². The Labute approximate surface area is 241 Å². The van der Waals surface area contributed by atoms with Gasteiger partial charge in [0.05, 0.1) is 30.6 Å². The summed E-state index contributed by atoms with van der Waals surface area (Å²) >= 11 is 1.16. The van der Waals surface area contributed by atoms with Crippen molar-refractivity contribution in [3.8, 4) is 16.3 Å². The van der Waals surface area contributed by atoms with E-state index in [1.165, 1.54) is 24.5 Å². The summed E-state index contributed by atoms with van der Waals surface area (Å²) in [7, 11) is -3.82. The van der Waals surface area contributed by atoms with Crippen LogP contribution in [0.15, 0.2) is 35.4 Å².